The van der Waals surface area contributed by atoms with Crippen LogP contribution in [0.2, 0.25) is 0 Å². The minimum atomic E-state index is -0.484. The highest BCUT2D eigenvalue weighted by molar-refractivity contribution is 5.68. The fraction of sp³-hybridized carbons (Fsp3) is 0.500. The van der Waals surface area contributed by atoms with Gasteiger partial charge in [-0.1, -0.05) is 0 Å². The van der Waals surface area contributed by atoms with Crippen LogP contribution in [0.25, 0.3) is 16.9 Å². The van der Waals surface area contributed by atoms with Crippen molar-refractivity contribution in [2.24, 2.45) is 7.05 Å². The van der Waals surface area contributed by atoms with E-state index in [4.69, 9.17) is 4.74 Å². The zero-order valence-electron chi connectivity index (χ0n) is 17.4. The molecule has 3 aromatic heterocycles. The Morgan fingerprint density at radius 1 is 1.10 bits per heavy atom. The molecule has 0 spiro atoms. The van der Waals surface area contributed by atoms with Crippen LogP contribution in [0.3, 0.4) is 0 Å². The number of fused-ring (bicyclic) bond motifs is 1. The van der Waals surface area contributed by atoms with E-state index < -0.39 is 5.60 Å². The van der Waals surface area contributed by atoms with Gasteiger partial charge in [-0.3, -0.25) is 9.08 Å². The van der Waals surface area contributed by atoms with Gasteiger partial charge in [0.2, 0.25) is 0 Å². The lowest BCUT2D eigenvalue weighted by atomic mass is 10.2. The summed E-state index contributed by atoms with van der Waals surface area (Å²) in [4.78, 5) is 25.6. The zero-order valence-corrected chi connectivity index (χ0v) is 17.4. The molecule has 0 aromatic carbocycles. The minimum absolute atomic E-state index is 0.250. The molecule has 9 nitrogen and oxygen atoms in total. The van der Waals surface area contributed by atoms with Crippen LogP contribution in [0.15, 0.2) is 31.0 Å². The zero-order chi connectivity index (χ0) is 20.6. The predicted octanol–water partition coefficient (Wildman–Crippen LogP) is 2.58. The van der Waals surface area contributed by atoms with E-state index in [9.17, 15) is 4.79 Å². The SMILES string of the molecule is Cn1cc(-c2cc3ncc(N4CCCN(C(=O)OC(C)(C)C)CC4)n3cn2)cn1. The van der Waals surface area contributed by atoms with E-state index in [1.807, 2.05) is 50.7 Å². The molecular formula is C20H27N7O2. The molecule has 1 fully saturated rings. The van der Waals surface area contributed by atoms with Crippen molar-refractivity contribution in [2.45, 2.75) is 32.8 Å². The smallest absolute Gasteiger partial charge is 0.410 e. The molecule has 3 aromatic rings. The molecule has 1 saturated heterocycles. The number of hydrogen-bond donors (Lipinski definition) is 0. The highest BCUT2D eigenvalue weighted by Gasteiger charge is 2.25. The van der Waals surface area contributed by atoms with Crippen molar-refractivity contribution in [3.05, 3.63) is 31.0 Å². The monoisotopic (exact) mass is 397 g/mol. The molecule has 1 aliphatic heterocycles. The summed E-state index contributed by atoms with van der Waals surface area (Å²) in [5.74, 6) is 0.983. The number of aryl methyl sites for hydroxylation is 1. The summed E-state index contributed by atoms with van der Waals surface area (Å²) in [5.41, 5.74) is 2.15. The molecule has 0 saturated carbocycles. The van der Waals surface area contributed by atoms with Gasteiger partial charge in [0, 0.05) is 51.1 Å². The number of aromatic nitrogens is 5. The lowest BCUT2D eigenvalue weighted by Gasteiger charge is -2.26. The standard InChI is InChI=1S/C20H27N7O2/c1-20(2,3)29-19(28)26-7-5-6-25(8-9-26)18-12-21-17-10-16(22-14-27(17)18)15-11-23-24(4)13-15/h10-14H,5-9H2,1-4H3. The van der Waals surface area contributed by atoms with E-state index in [0.717, 1.165) is 42.2 Å². The normalized spacial score (nSPS) is 15.6. The number of amides is 1. The number of carbonyl (C=O) groups is 1. The summed E-state index contributed by atoms with van der Waals surface area (Å²) in [6.07, 6.45) is 8.02. The Bertz CT molecular complexity index is 1020. The lowest BCUT2D eigenvalue weighted by Crippen LogP contribution is -2.39. The second-order valence-electron chi connectivity index (χ2n) is 8.33. The third-order valence-electron chi connectivity index (χ3n) is 4.86. The minimum Gasteiger partial charge on any atom is -0.444 e. The molecule has 4 rings (SSSR count). The Balaban J connectivity index is 1.50. The maximum absolute atomic E-state index is 12.4. The summed E-state index contributed by atoms with van der Waals surface area (Å²) in [5, 5.41) is 4.20. The van der Waals surface area contributed by atoms with Crippen molar-refractivity contribution < 1.29 is 9.53 Å². The van der Waals surface area contributed by atoms with Crippen LogP contribution in [0.5, 0.6) is 0 Å². The predicted molar refractivity (Wildman–Crippen MR) is 110 cm³/mol. The van der Waals surface area contributed by atoms with Crippen LogP contribution >= 0.6 is 0 Å². The first kappa shape index (κ1) is 19.2. The quantitative estimate of drug-likeness (QED) is 0.661. The topological polar surface area (TPSA) is 80.8 Å². The Labute approximate surface area is 169 Å². The molecule has 29 heavy (non-hydrogen) atoms. The number of nitrogens with zero attached hydrogens (tertiary/aromatic N) is 7. The fourth-order valence-corrected chi connectivity index (χ4v) is 3.47. The molecule has 0 radical (unpaired) electrons. The van der Waals surface area contributed by atoms with Gasteiger partial charge in [-0.2, -0.15) is 5.10 Å². The molecule has 1 amide bonds. The molecular weight excluding hydrogens is 370 g/mol. The molecule has 9 heteroatoms. The largest absolute Gasteiger partial charge is 0.444 e. The van der Waals surface area contributed by atoms with Crippen LogP contribution in [0, 0.1) is 0 Å². The molecule has 1 aliphatic rings. The summed E-state index contributed by atoms with van der Waals surface area (Å²) >= 11 is 0. The van der Waals surface area contributed by atoms with E-state index in [0.29, 0.717) is 13.1 Å². The Morgan fingerprint density at radius 3 is 2.66 bits per heavy atom. The van der Waals surface area contributed by atoms with Crippen molar-refractivity contribution in [3.8, 4) is 11.3 Å². The number of carbonyl (C=O) groups excluding carboxylic acids is 1. The third kappa shape index (κ3) is 4.18. The van der Waals surface area contributed by atoms with Gasteiger partial charge in [0.05, 0.1) is 18.1 Å². The lowest BCUT2D eigenvalue weighted by molar-refractivity contribution is 0.0263. The van der Waals surface area contributed by atoms with Crippen LogP contribution in [0.4, 0.5) is 10.6 Å². The molecule has 4 heterocycles. The van der Waals surface area contributed by atoms with Crippen molar-refractivity contribution in [1.82, 2.24) is 29.0 Å². The molecule has 0 N–H and O–H groups in total. The van der Waals surface area contributed by atoms with Crippen LogP contribution in [-0.2, 0) is 11.8 Å². The maximum Gasteiger partial charge on any atom is 0.410 e. The first-order chi connectivity index (χ1) is 13.8. The van der Waals surface area contributed by atoms with E-state index >= 15 is 0 Å². The van der Waals surface area contributed by atoms with E-state index in [1.54, 1.807) is 22.1 Å². The van der Waals surface area contributed by atoms with Crippen molar-refractivity contribution in [1.29, 1.82) is 0 Å². The second-order valence-corrected chi connectivity index (χ2v) is 8.33. The Hall–Kier alpha value is -3.10. The Morgan fingerprint density at radius 2 is 1.93 bits per heavy atom. The summed E-state index contributed by atoms with van der Waals surface area (Å²) in [6.45, 7) is 8.53. The first-order valence-electron chi connectivity index (χ1n) is 9.85. The maximum atomic E-state index is 12.4. The van der Waals surface area contributed by atoms with Crippen molar-refractivity contribution in [3.63, 3.8) is 0 Å². The van der Waals surface area contributed by atoms with Crippen LogP contribution in [-0.4, -0.2) is 66.9 Å². The van der Waals surface area contributed by atoms with Crippen LogP contribution < -0.4 is 4.90 Å². The highest BCUT2D eigenvalue weighted by Crippen LogP contribution is 2.22. The van der Waals surface area contributed by atoms with Crippen molar-refractivity contribution in [2.75, 3.05) is 31.1 Å². The summed E-state index contributed by atoms with van der Waals surface area (Å²) in [7, 11) is 1.88. The fourth-order valence-electron chi connectivity index (χ4n) is 3.47. The highest BCUT2D eigenvalue weighted by atomic mass is 16.6. The van der Waals surface area contributed by atoms with Gasteiger partial charge >= 0.3 is 6.09 Å². The average molecular weight is 397 g/mol. The second kappa shape index (κ2) is 7.38. The van der Waals surface area contributed by atoms with Crippen molar-refractivity contribution >= 4 is 17.6 Å². The number of ether oxygens (including phenoxy) is 1. The third-order valence-corrected chi connectivity index (χ3v) is 4.86. The van der Waals surface area contributed by atoms with Gasteiger partial charge in [0.25, 0.3) is 0 Å². The van der Waals surface area contributed by atoms with Gasteiger partial charge in [-0.25, -0.2) is 14.8 Å². The number of rotatable bonds is 2. The van der Waals surface area contributed by atoms with E-state index in [2.05, 4.69) is 20.0 Å². The van der Waals surface area contributed by atoms with E-state index in [1.165, 1.54) is 0 Å². The first-order valence-corrected chi connectivity index (χ1v) is 9.85. The van der Waals surface area contributed by atoms with Gasteiger partial charge in [0.1, 0.15) is 23.4 Å². The number of imidazole rings is 1. The molecule has 0 bridgehead atoms. The van der Waals surface area contributed by atoms with E-state index in [-0.39, 0.29) is 6.09 Å². The van der Waals surface area contributed by atoms with Gasteiger partial charge < -0.3 is 14.5 Å². The van der Waals surface area contributed by atoms with Gasteiger partial charge in [-0.15, -0.1) is 0 Å². The van der Waals surface area contributed by atoms with Crippen LogP contribution in [0.1, 0.15) is 27.2 Å². The number of anilines is 1. The summed E-state index contributed by atoms with van der Waals surface area (Å²) < 4.78 is 9.26. The van der Waals surface area contributed by atoms with Gasteiger partial charge in [-0.05, 0) is 27.2 Å². The van der Waals surface area contributed by atoms with Gasteiger partial charge in [0.15, 0.2) is 0 Å². The molecule has 154 valence electrons. The molecule has 0 unspecified atom stereocenters. The molecule has 0 aliphatic carbocycles. The Kier molecular flexibility index (Phi) is 4.89. The average Bonchev–Trinajstić information content (AvgIpc) is 3.19. The number of hydrogen-bond acceptors (Lipinski definition) is 6. The summed E-state index contributed by atoms with van der Waals surface area (Å²) in [6, 6.07) is 1.96. The molecule has 0 atom stereocenters.